The van der Waals surface area contributed by atoms with Crippen LogP contribution in [0.25, 0.3) is 0 Å². The highest BCUT2D eigenvalue weighted by molar-refractivity contribution is 7.09. The van der Waals surface area contributed by atoms with Gasteiger partial charge in [-0.3, -0.25) is 4.90 Å². The molecule has 2 amide bonds. The SMILES string of the molecule is Cc1nc(CCNC(=O)NCCN2C[C@@H](C)O[C@@H](C)C2)cs1. The van der Waals surface area contributed by atoms with Crippen molar-refractivity contribution in [3.8, 4) is 0 Å². The Kier molecular flexibility index (Phi) is 6.60. The number of nitrogens with one attached hydrogen (secondary N) is 2. The number of rotatable bonds is 6. The highest BCUT2D eigenvalue weighted by Gasteiger charge is 2.21. The van der Waals surface area contributed by atoms with Crippen molar-refractivity contribution in [2.75, 3.05) is 32.7 Å². The lowest BCUT2D eigenvalue weighted by Gasteiger charge is -2.35. The molecule has 0 radical (unpaired) electrons. The lowest BCUT2D eigenvalue weighted by molar-refractivity contribution is -0.0672. The fraction of sp³-hybridized carbons (Fsp3) is 0.733. The first kappa shape index (κ1) is 17.2. The topological polar surface area (TPSA) is 66.5 Å². The number of ether oxygens (including phenoxy) is 1. The van der Waals surface area contributed by atoms with E-state index >= 15 is 0 Å². The molecule has 1 aromatic heterocycles. The number of carbonyl (C=O) groups is 1. The van der Waals surface area contributed by atoms with Crippen molar-refractivity contribution in [2.24, 2.45) is 0 Å². The van der Waals surface area contributed by atoms with Crippen LogP contribution < -0.4 is 10.6 Å². The lowest BCUT2D eigenvalue weighted by Crippen LogP contribution is -2.48. The second kappa shape index (κ2) is 8.45. The van der Waals surface area contributed by atoms with Gasteiger partial charge in [-0.2, -0.15) is 0 Å². The molecular weight excluding hydrogens is 300 g/mol. The summed E-state index contributed by atoms with van der Waals surface area (Å²) < 4.78 is 5.69. The first-order valence-electron chi connectivity index (χ1n) is 7.83. The normalized spacial score (nSPS) is 22.5. The predicted molar refractivity (Wildman–Crippen MR) is 88.4 cm³/mol. The first-order chi connectivity index (χ1) is 10.5. The molecule has 124 valence electrons. The summed E-state index contributed by atoms with van der Waals surface area (Å²) in [7, 11) is 0. The molecular formula is C15H26N4O2S. The Morgan fingerprint density at radius 1 is 1.36 bits per heavy atom. The Bertz CT molecular complexity index is 470. The fourth-order valence-electron chi connectivity index (χ4n) is 2.68. The molecule has 0 aliphatic carbocycles. The highest BCUT2D eigenvalue weighted by atomic mass is 32.1. The minimum absolute atomic E-state index is 0.110. The molecule has 1 aliphatic heterocycles. The molecule has 0 saturated carbocycles. The number of thiazole rings is 1. The predicted octanol–water partition coefficient (Wildman–Crippen LogP) is 1.40. The average molecular weight is 326 g/mol. The van der Waals surface area contributed by atoms with Gasteiger partial charge in [0.1, 0.15) is 0 Å². The van der Waals surface area contributed by atoms with Crippen LogP contribution in [0.5, 0.6) is 0 Å². The van der Waals surface area contributed by atoms with Gasteiger partial charge in [-0.25, -0.2) is 9.78 Å². The van der Waals surface area contributed by atoms with E-state index in [0.717, 1.165) is 36.8 Å². The van der Waals surface area contributed by atoms with Crippen molar-refractivity contribution >= 4 is 17.4 Å². The maximum Gasteiger partial charge on any atom is 0.314 e. The van der Waals surface area contributed by atoms with E-state index in [1.807, 2.05) is 12.3 Å². The minimum atomic E-state index is -0.110. The number of hydrogen-bond donors (Lipinski definition) is 2. The first-order valence-corrected chi connectivity index (χ1v) is 8.71. The summed E-state index contributed by atoms with van der Waals surface area (Å²) in [6.45, 7) is 10.1. The molecule has 2 N–H and O–H groups in total. The Labute approximate surface area is 136 Å². The smallest absolute Gasteiger partial charge is 0.314 e. The van der Waals surface area contributed by atoms with Gasteiger partial charge in [-0.1, -0.05) is 0 Å². The molecule has 2 rings (SSSR count). The van der Waals surface area contributed by atoms with Gasteiger partial charge < -0.3 is 15.4 Å². The van der Waals surface area contributed by atoms with Crippen molar-refractivity contribution in [1.82, 2.24) is 20.5 Å². The van der Waals surface area contributed by atoms with E-state index in [1.54, 1.807) is 11.3 Å². The van der Waals surface area contributed by atoms with Gasteiger partial charge in [0.05, 0.1) is 22.9 Å². The van der Waals surface area contributed by atoms with Crippen LogP contribution in [-0.4, -0.2) is 60.8 Å². The standard InChI is InChI=1S/C15H26N4O2S/c1-11-8-19(9-12(2)21-11)7-6-17-15(20)16-5-4-14-10-22-13(3)18-14/h10-12H,4-9H2,1-3H3,(H2,16,17,20)/t11-,12+. The van der Waals surface area contributed by atoms with E-state index in [0.29, 0.717) is 13.1 Å². The molecule has 0 spiro atoms. The van der Waals surface area contributed by atoms with E-state index in [1.165, 1.54) is 0 Å². The molecule has 1 aromatic rings. The molecule has 2 atom stereocenters. The Balaban J connectivity index is 1.55. The van der Waals surface area contributed by atoms with Crippen LogP contribution in [0, 0.1) is 6.92 Å². The number of aromatic nitrogens is 1. The summed E-state index contributed by atoms with van der Waals surface area (Å²) in [5.41, 5.74) is 1.04. The average Bonchev–Trinajstić information content (AvgIpc) is 2.83. The lowest BCUT2D eigenvalue weighted by atomic mass is 10.2. The highest BCUT2D eigenvalue weighted by Crippen LogP contribution is 2.09. The second-order valence-corrected chi connectivity index (χ2v) is 6.87. The fourth-order valence-corrected chi connectivity index (χ4v) is 3.33. The molecule has 0 bridgehead atoms. The van der Waals surface area contributed by atoms with Crippen LogP contribution in [0.2, 0.25) is 0 Å². The molecule has 7 heteroatoms. The van der Waals surface area contributed by atoms with Crippen molar-refractivity contribution in [3.63, 3.8) is 0 Å². The Morgan fingerprint density at radius 2 is 2.05 bits per heavy atom. The van der Waals surface area contributed by atoms with Gasteiger partial charge in [-0.05, 0) is 20.8 Å². The Morgan fingerprint density at radius 3 is 2.68 bits per heavy atom. The van der Waals surface area contributed by atoms with E-state index in [4.69, 9.17) is 4.74 Å². The number of nitrogens with zero attached hydrogens (tertiary/aromatic N) is 2. The summed E-state index contributed by atoms with van der Waals surface area (Å²) in [5, 5.41) is 8.87. The van der Waals surface area contributed by atoms with Crippen molar-refractivity contribution in [2.45, 2.75) is 39.4 Å². The number of morpholine rings is 1. The number of urea groups is 1. The zero-order chi connectivity index (χ0) is 15.9. The van der Waals surface area contributed by atoms with E-state index < -0.39 is 0 Å². The third-order valence-electron chi connectivity index (χ3n) is 3.54. The van der Waals surface area contributed by atoms with Gasteiger partial charge in [0.25, 0.3) is 0 Å². The van der Waals surface area contributed by atoms with Crippen molar-refractivity contribution in [1.29, 1.82) is 0 Å². The number of carbonyl (C=O) groups excluding carboxylic acids is 1. The van der Waals surface area contributed by atoms with Gasteiger partial charge in [0.15, 0.2) is 0 Å². The maximum absolute atomic E-state index is 11.7. The van der Waals surface area contributed by atoms with Crippen LogP contribution in [0.1, 0.15) is 24.5 Å². The summed E-state index contributed by atoms with van der Waals surface area (Å²) in [6.07, 6.45) is 1.30. The monoisotopic (exact) mass is 326 g/mol. The molecule has 2 heterocycles. The number of aryl methyl sites for hydroxylation is 1. The van der Waals surface area contributed by atoms with Gasteiger partial charge in [0.2, 0.25) is 0 Å². The molecule has 0 aromatic carbocycles. The number of hydrogen-bond acceptors (Lipinski definition) is 5. The van der Waals surface area contributed by atoms with E-state index in [9.17, 15) is 4.79 Å². The number of amides is 2. The summed E-state index contributed by atoms with van der Waals surface area (Å²) in [4.78, 5) is 18.4. The van der Waals surface area contributed by atoms with E-state index in [2.05, 4.69) is 34.4 Å². The van der Waals surface area contributed by atoms with Gasteiger partial charge >= 0.3 is 6.03 Å². The third-order valence-corrected chi connectivity index (χ3v) is 4.36. The largest absolute Gasteiger partial charge is 0.373 e. The molecule has 22 heavy (non-hydrogen) atoms. The van der Waals surface area contributed by atoms with Crippen LogP contribution in [0.4, 0.5) is 4.79 Å². The van der Waals surface area contributed by atoms with Gasteiger partial charge in [-0.15, -0.1) is 11.3 Å². The van der Waals surface area contributed by atoms with Crippen molar-refractivity contribution in [3.05, 3.63) is 16.1 Å². The van der Waals surface area contributed by atoms with E-state index in [-0.39, 0.29) is 18.2 Å². The van der Waals surface area contributed by atoms with Gasteiger partial charge in [0, 0.05) is 44.5 Å². The summed E-state index contributed by atoms with van der Waals surface area (Å²) >= 11 is 1.64. The summed E-state index contributed by atoms with van der Waals surface area (Å²) in [6, 6.07) is -0.110. The van der Waals surface area contributed by atoms with Crippen LogP contribution in [0.15, 0.2) is 5.38 Å². The van der Waals surface area contributed by atoms with Crippen LogP contribution in [0.3, 0.4) is 0 Å². The molecule has 1 aliphatic rings. The molecule has 6 nitrogen and oxygen atoms in total. The summed E-state index contributed by atoms with van der Waals surface area (Å²) in [5.74, 6) is 0. The second-order valence-electron chi connectivity index (χ2n) is 5.81. The Hall–Kier alpha value is -1.18. The zero-order valence-electron chi connectivity index (χ0n) is 13.6. The third kappa shape index (κ3) is 5.90. The maximum atomic E-state index is 11.7. The molecule has 1 saturated heterocycles. The van der Waals surface area contributed by atoms with Crippen LogP contribution >= 0.6 is 11.3 Å². The molecule has 0 unspecified atom stereocenters. The van der Waals surface area contributed by atoms with Crippen molar-refractivity contribution < 1.29 is 9.53 Å². The quantitative estimate of drug-likeness (QED) is 0.829. The molecule has 1 fully saturated rings. The minimum Gasteiger partial charge on any atom is -0.373 e. The zero-order valence-corrected chi connectivity index (χ0v) is 14.4. The van der Waals surface area contributed by atoms with Crippen LogP contribution in [-0.2, 0) is 11.2 Å².